The molecule has 170 valence electrons. The number of ether oxygens (including phenoxy) is 1. The minimum atomic E-state index is -0.806. The van der Waals surface area contributed by atoms with Gasteiger partial charge in [-0.05, 0) is 32.3 Å². The van der Waals surface area contributed by atoms with Gasteiger partial charge in [-0.25, -0.2) is 0 Å². The molecular formula is C25H24N2O6. The molecule has 0 radical (unpaired) electrons. The van der Waals surface area contributed by atoms with Crippen molar-refractivity contribution in [2.75, 3.05) is 7.11 Å². The zero-order valence-electron chi connectivity index (χ0n) is 18.3. The van der Waals surface area contributed by atoms with Crippen molar-refractivity contribution in [3.05, 3.63) is 64.2 Å². The van der Waals surface area contributed by atoms with Crippen LogP contribution in [0, 0.1) is 5.92 Å². The van der Waals surface area contributed by atoms with E-state index in [0.29, 0.717) is 29.7 Å². The normalized spacial score (nSPS) is 26.4. The number of hydrogen-bond acceptors (Lipinski definition) is 8. The first-order valence-corrected chi connectivity index (χ1v) is 10.7. The summed E-state index contributed by atoms with van der Waals surface area (Å²) in [6, 6.07) is 4.26. The number of benzene rings is 2. The molecule has 0 spiro atoms. The summed E-state index contributed by atoms with van der Waals surface area (Å²) in [5.41, 5.74) is 0.274. The lowest BCUT2D eigenvalue weighted by Gasteiger charge is -2.49. The minimum absolute atomic E-state index is 0.0728. The molecule has 1 fully saturated rings. The third kappa shape index (κ3) is 2.70. The first kappa shape index (κ1) is 21.2. The number of rotatable bonds is 3. The Morgan fingerprint density at radius 3 is 2.61 bits per heavy atom. The monoisotopic (exact) mass is 448 g/mol. The van der Waals surface area contributed by atoms with Gasteiger partial charge in [-0.15, -0.1) is 6.58 Å². The van der Waals surface area contributed by atoms with Crippen LogP contribution in [0.3, 0.4) is 0 Å². The quantitative estimate of drug-likeness (QED) is 0.210. The highest BCUT2D eigenvalue weighted by molar-refractivity contribution is 6.31. The Kier molecular flexibility index (Phi) is 4.61. The molecule has 0 aromatic heterocycles. The number of phenols is 2. The lowest BCUT2D eigenvalue weighted by molar-refractivity contribution is 0.0970. The largest absolute Gasteiger partial charge is 0.507 e. The maximum absolute atomic E-state index is 13.5. The molecule has 8 nitrogen and oxygen atoms in total. The van der Waals surface area contributed by atoms with Crippen molar-refractivity contribution >= 4 is 17.3 Å². The molecule has 1 aliphatic carbocycles. The number of nitrogens with zero attached hydrogens (tertiary/aromatic N) is 1. The van der Waals surface area contributed by atoms with Crippen LogP contribution in [-0.2, 0) is 6.42 Å². The second-order valence-corrected chi connectivity index (χ2v) is 9.03. The summed E-state index contributed by atoms with van der Waals surface area (Å²) < 4.78 is 5.30. The Balaban J connectivity index is 1.77. The number of piperidine rings is 1. The van der Waals surface area contributed by atoms with E-state index in [0.717, 1.165) is 0 Å². The molecule has 33 heavy (non-hydrogen) atoms. The van der Waals surface area contributed by atoms with Gasteiger partial charge in [-0.1, -0.05) is 23.4 Å². The number of ketones is 2. The third-order valence-corrected chi connectivity index (χ3v) is 7.16. The molecule has 1 saturated heterocycles. The molecular weight excluding hydrogens is 424 g/mol. The predicted octanol–water partition coefficient (Wildman–Crippen LogP) is 3.25. The summed E-state index contributed by atoms with van der Waals surface area (Å²) in [6.07, 6.45) is 2.95. The van der Waals surface area contributed by atoms with Gasteiger partial charge < -0.3 is 20.2 Å². The van der Waals surface area contributed by atoms with Crippen LogP contribution in [0.5, 0.6) is 17.2 Å². The van der Waals surface area contributed by atoms with Gasteiger partial charge in [0.2, 0.25) is 5.78 Å². The van der Waals surface area contributed by atoms with E-state index in [1.54, 1.807) is 18.2 Å². The van der Waals surface area contributed by atoms with Gasteiger partial charge in [-0.3, -0.25) is 14.9 Å². The van der Waals surface area contributed by atoms with Crippen molar-refractivity contribution in [3.8, 4) is 17.2 Å². The maximum atomic E-state index is 13.5. The Hall–Kier alpha value is -3.65. The Morgan fingerprint density at radius 2 is 1.94 bits per heavy atom. The van der Waals surface area contributed by atoms with E-state index < -0.39 is 23.1 Å². The van der Waals surface area contributed by atoms with Crippen LogP contribution in [0.25, 0.3) is 0 Å². The van der Waals surface area contributed by atoms with Crippen LogP contribution in [0.1, 0.15) is 68.8 Å². The van der Waals surface area contributed by atoms with Crippen molar-refractivity contribution < 1.29 is 29.7 Å². The highest BCUT2D eigenvalue weighted by atomic mass is 16.5. The van der Waals surface area contributed by atoms with Crippen LogP contribution >= 0.6 is 0 Å². The van der Waals surface area contributed by atoms with Gasteiger partial charge in [0.05, 0.1) is 35.1 Å². The molecule has 2 aromatic carbocycles. The van der Waals surface area contributed by atoms with Gasteiger partial charge in [0.15, 0.2) is 5.78 Å². The molecule has 5 rings (SSSR count). The van der Waals surface area contributed by atoms with E-state index in [1.165, 1.54) is 13.2 Å². The maximum Gasteiger partial charge on any atom is 0.202 e. The Labute approximate surface area is 190 Å². The van der Waals surface area contributed by atoms with Crippen LogP contribution < -0.4 is 10.1 Å². The Morgan fingerprint density at radius 1 is 1.21 bits per heavy atom. The fourth-order valence-corrected chi connectivity index (χ4v) is 5.82. The lowest BCUT2D eigenvalue weighted by Crippen LogP contribution is -2.61. The molecule has 3 aliphatic rings. The van der Waals surface area contributed by atoms with Gasteiger partial charge in [0, 0.05) is 28.7 Å². The molecule has 2 aliphatic heterocycles. The fourth-order valence-electron chi connectivity index (χ4n) is 5.82. The number of oxime groups is 1. The highest BCUT2D eigenvalue weighted by Gasteiger charge is 2.51. The van der Waals surface area contributed by atoms with Gasteiger partial charge in [0.25, 0.3) is 0 Å². The van der Waals surface area contributed by atoms with Crippen molar-refractivity contribution in [2.45, 2.75) is 37.8 Å². The van der Waals surface area contributed by atoms with Crippen molar-refractivity contribution in [3.63, 3.8) is 0 Å². The molecule has 3 atom stereocenters. The summed E-state index contributed by atoms with van der Waals surface area (Å²) in [5, 5.41) is 39.3. The average Bonchev–Trinajstić information content (AvgIpc) is 2.78. The molecule has 2 aromatic rings. The average molecular weight is 448 g/mol. The SMILES string of the molecule is C=CCC1CC2NC(C)(Cc3c(O)c4c(c(O)c32)C(=O)c2c(OC)cccc2C4=O)C1=NO. The number of allylic oxidation sites excluding steroid dienone is 1. The standard InChI is InChI=1S/C25H24N2O6/c1-4-6-11-9-14-16-13(10-25(2,26-14)24(11)27-32)21(29)18-19(22(16)30)23(31)17-12(20(18)28)7-5-8-15(17)33-3/h4-5,7-8,11,14,26,29-30,32H,1,6,9-10H2,2-3H3. The number of hydrogen-bond donors (Lipinski definition) is 4. The zero-order chi connectivity index (χ0) is 23.7. The molecule has 3 unspecified atom stereocenters. The van der Waals surface area contributed by atoms with E-state index in [4.69, 9.17) is 4.74 Å². The predicted molar refractivity (Wildman–Crippen MR) is 120 cm³/mol. The van der Waals surface area contributed by atoms with Crippen molar-refractivity contribution in [2.24, 2.45) is 11.1 Å². The molecule has 8 heteroatoms. The van der Waals surface area contributed by atoms with Crippen LogP contribution in [0.4, 0.5) is 0 Å². The number of fused-ring (bicyclic) bond motifs is 6. The van der Waals surface area contributed by atoms with E-state index in [1.807, 2.05) is 6.92 Å². The minimum Gasteiger partial charge on any atom is -0.507 e. The molecule has 0 amide bonds. The number of carbonyl (C=O) groups excluding carboxylic acids is 2. The molecule has 0 saturated carbocycles. The number of nitrogens with one attached hydrogen (secondary N) is 1. The van der Waals surface area contributed by atoms with Crippen molar-refractivity contribution in [1.82, 2.24) is 5.32 Å². The number of carbonyl (C=O) groups is 2. The number of phenolic OH excluding ortho intramolecular Hbond substituents is 2. The van der Waals surface area contributed by atoms with Crippen LogP contribution in [0.15, 0.2) is 36.0 Å². The second kappa shape index (κ2) is 7.18. The Bertz CT molecular complexity index is 1280. The van der Waals surface area contributed by atoms with E-state index >= 15 is 0 Å². The van der Waals surface area contributed by atoms with E-state index in [2.05, 4.69) is 17.1 Å². The van der Waals surface area contributed by atoms with Crippen LogP contribution in [0.2, 0.25) is 0 Å². The third-order valence-electron chi connectivity index (χ3n) is 7.16. The summed E-state index contributed by atoms with van der Waals surface area (Å²) in [7, 11) is 1.40. The molecule has 4 N–H and O–H groups in total. The zero-order valence-corrected chi connectivity index (χ0v) is 18.3. The van der Waals surface area contributed by atoms with Gasteiger partial charge >= 0.3 is 0 Å². The van der Waals surface area contributed by atoms with E-state index in [-0.39, 0.29) is 51.8 Å². The first-order chi connectivity index (χ1) is 15.8. The summed E-state index contributed by atoms with van der Waals surface area (Å²) in [6.45, 7) is 5.65. The van der Waals surface area contributed by atoms with Crippen LogP contribution in [-0.4, -0.2) is 45.3 Å². The lowest BCUT2D eigenvalue weighted by atomic mass is 9.66. The highest BCUT2D eigenvalue weighted by Crippen LogP contribution is 2.52. The topological polar surface area (TPSA) is 128 Å². The fraction of sp³-hybridized carbons (Fsp3) is 0.320. The summed E-state index contributed by atoms with van der Waals surface area (Å²) in [4.78, 5) is 26.9. The van der Waals surface area contributed by atoms with Gasteiger partial charge in [0.1, 0.15) is 17.2 Å². The van der Waals surface area contributed by atoms with E-state index in [9.17, 15) is 25.0 Å². The summed E-state index contributed by atoms with van der Waals surface area (Å²) >= 11 is 0. The second-order valence-electron chi connectivity index (χ2n) is 9.03. The number of aromatic hydroxyl groups is 2. The first-order valence-electron chi connectivity index (χ1n) is 10.7. The smallest absolute Gasteiger partial charge is 0.202 e. The molecule has 2 bridgehead atoms. The number of methoxy groups -OCH3 is 1. The van der Waals surface area contributed by atoms with Crippen molar-refractivity contribution in [1.29, 1.82) is 0 Å². The molecule has 2 heterocycles. The summed E-state index contributed by atoms with van der Waals surface area (Å²) in [5.74, 6) is -1.66. The van der Waals surface area contributed by atoms with Gasteiger partial charge in [-0.2, -0.15) is 0 Å².